The lowest BCUT2D eigenvalue weighted by Crippen LogP contribution is -2.24. The SMILES string of the molecule is CCCC(=O)C(Cl)C(=O)O.CCOC(=O)C(Cl)C(C)=O. The van der Waals surface area contributed by atoms with Gasteiger partial charge in [-0.2, -0.15) is 0 Å². The van der Waals surface area contributed by atoms with Crippen LogP contribution in [-0.2, 0) is 23.9 Å². The van der Waals surface area contributed by atoms with Crippen LogP contribution in [0, 0.1) is 0 Å². The first-order valence-corrected chi connectivity index (χ1v) is 6.76. The van der Waals surface area contributed by atoms with Gasteiger partial charge in [-0.25, -0.2) is 4.79 Å². The second-order valence-electron chi connectivity index (χ2n) is 3.64. The average molecular weight is 329 g/mol. The number of carboxylic acid groups (broad SMARTS) is 1. The van der Waals surface area contributed by atoms with Gasteiger partial charge in [-0.1, -0.05) is 6.92 Å². The Hall–Kier alpha value is -1.14. The molecule has 0 rings (SSSR count). The molecule has 1 N–H and O–H groups in total. The maximum Gasteiger partial charge on any atom is 0.331 e. The minimum atomic E-state index is -1.36. The number of esters is 1. The molecule has 0 amide bonds. The molecule has 0 spiro atoms. The molecule has 0 saturated carbocycles. The van der Waals surface area contributed by atoms with Crippen molar-refractivity contribution in [3.05, 3.63) is 0 Å². The second kappa shape index (κ2) is 11.7. The van der Waals surface area contributed by atoms with Gasteiger partial charge in [0.1, 0.15) is 0 Å². The lowest BCUT2D eigenvalue weighted by atomic mass is 10.2. The van der Waals surface area contributed by atoms with Crippen LogP contribution in [-0.4, -0.2) is 46.0 Å². The molecule has 20 heavy (non-hydrogen) atoms. The summed E-state index contributed by atoms with van der Waals surface area (Å²) in [5.74, 6) is -2.74. The fourth-order valence-corrected chi connectivity index (χ4v) is 1.06. The summed E-state index contributed by atoms with van der Waals surface area (Å²) < 4.78 is 4.47. The van der Waals surface area contributed by atoms with E-state index >= 15 is 0 Å². The Bertz CT molecular complexity index is 322. The van der Waals surface area contributed by atoms with Crippen molar-refractivity contribution >= 4 is 46.7 Å². The first-order valence-electron chi connectivity index (χ1n) is 5.89. The second-order valence-corrected chi connectivity index (χ2v) is 4.52. The van der Waals surface area contributed by atoms with Crippen molar-refractivity contribution < 1.29 is 29.0 Å². The smallest absolute Gasteiger partial charge is 0.331 e. The maximum atomic E-state index is 10.7. The van der Waals surface area contributed by atoms with E-state index in [1.165, 1.54) is 6.92 Å². The summed E-state index contributed by atoms with van der Waals surface area (Å²) >= 11 is 10.5. The molecule has 0 bridgehead atoms. The minimum absolute atomic E-state index is 0.237. The molecular weight excluding hydrogens is 311 g/mol. The van der Waals surface area contributed by atoms with Crippen molar-refractivity contribution in [1.82, 2.24) is 0 Å². The largest absolute Gasteiger partial charge is 0.480 e. The minimum Gasteiger partial charge on any atom is -0.480 e. The van der Waals surface area contributed by atoms with Gasteiger partial charge >= 0.3 is 11.9 Å². The van der Waals surface area contributed by atoms with Crippen LogP contribution in [0.1, 0.15) is 33.6 Å². The molecule has 2 unspecified atom stereocenters. The molecule has 0 aliphatic rings. The van der Waals surface area contributed by atoms with Gasteiger partial charge in [-0.05, 0) is 20.3 Å². The lowest BCUT2D eigenvalue weighted by molar-refractivity contribution is -0.145. The van der Waals surface area contributed by atoms with Crippen LogP contribution >= 0.6 is 23.2 Å². The zero-order valence-corrected chi connectivity index (χ0v) is 13.0. The van der Waals surface area contributed by atoms with Gasteiger partial charge in [0.15, 0.2) is 22.3 Å². The van der Waals surface area contributed by atoms with Crippen LogP contribution in [0.3, 0.4) is 0 Å². The molecule has 0 aliphatic heterocycles. The van der Waals surface area contributed by atoms with Crippen molar-refractivity contribution in [2.75, 3.05) is 6.61 Å². The Labute approximate surface area is 127 Å². The highest BCUT2D eigenvalue weighted by Crippen LogP contribution is 2.02. The molecule has 0 aromatic heterocycles. The van der Waals surface area contributed by atoms with Crippen LogP contribution in [0.5, 0.6) is 0 Å². The normalized spacial score (nSPS) is 12.4. The predicted molar refractivity (Wildman–Crippen MR) is 74.1 cm³/mol. The standard InChI is InChI=1S/2C6H9ClO3/c1-3-10-6(9)5(7)4(2)8;1-2-3-4(8)5(7)6(9)10/h5H,3H2,1-2H3;5H,2-3H2,1H3,(H,9,10). The number of ether oxygens (including phenoxy) is 1. The summed E-state index contributed by atoms with van der Waals surface area (Å²) in [7, 11) is 0. The number of carbonyl (C=O) groups excluding carboxylic acids is 3. The van der Waals surface area contributed by atoms with Crippen LogP contribution < -0.4 is 0 Å². The lowest BCUT2D eigenvalue weighted by Gasteiger charge is -2.03. The fourth-order valence-electron chi connectivity index (χ4n) is 0.892. The van der Waals surface area contributed by atoms with E-state index in [-0.39, 0.29) is 18.8 Å². The number of carbonyl (C=O) groups is 4. The Kier molecular flexibility index (Phi) is 12.3. The monoisotopic (exact) mass is 328 g/mol. The van der Waals surface area contributed by atoms with Gasteiger partial charge in [-0.15, -0.1) is 23.2 Å². The van der Waals surface area contributed by atoms with Crippen molar-refractivity contribution in [2.45, 2.75) is 44.4 Å². The number of alkyl halides is 2. The van der Waals surface area contributed by atoms with Crippen molar-refractivity contribution in [1.29, 1.82) is 0 Å². The van der Waals surface area contributed by atoms with Gasteiger partial charge in [0, 0.05) is 6.42 Å². The van der Waals surface area contributed by atoms with E-state index in [1.54, 1.807) is 13.8 Å². The molecule has 6 nitrogen and oxygen atoms in total. The summed E-state index contributed by atoms with van der Waals surface area (Å²) in [6.45, 7) is 4.94. The molecule has 0 aliphatic carbocycles. The summed E-state index contributed by atoms with van der Waals surface area (Å²) in [4.78, 5) is 41.8. The molecule has 2 atom stereocenters. The van der Waals surface area contributed by atoms with Crippen LogP contribution in [0.25, 0.3) is 0 Å². The van der Waals surface area contributed by atoms with Gasteiger partial charge in [0.25, 0.3) is 0 Å². The van der Waals surface area contributed by atoms with E-state index in [4.69, 9.17) is 28.3 Å². The molecule has 0 heterocycles. The summed E-state index contributed by atoms with van der Waals surface area (Å²) in [5, 5.41) is 5.73. The predicted octanol–water partition coefficient (Wildman–Crippen LogP) is 1.79. The Morgan fingerprint density at radius 3 is 1.90 bits per heavy atom. The number of aliphatic carboxylic acids is 1. The molecule has 8 heteroatoms. The van der Waals surface area contributed by atoms with Crippen LogP contribution in [0.4, 0.5) is 0 Å². The van der Waals surface area contributed by atoms with E-state index in [1.807, 2.05) is 0 Å². The van der Waals surface area contributed by atoms with E-state index < -0.39 is 28.5 Å². The first-order chi connectivity index (χ1) is 9.18. The quantitative estimate of drug-likeness (QED) is 0.434. The Morgan fingerprint density at radius 1 is 1.10 bits per heavy atom. The number of rotatable bonds is 7. The highest BCUT2D eigenvalue weighted by molar-refractivity contribution is 6.41. The topological polar surface area (TPSA) is 97.7 Å². The fraction of sp³-hybridized carbons (Fsp3) is 0.667. The number of halogens is 2. The molecular formula is C12H18Cl2O6. The number of hydrogen-bond acceptors (Lipinski definition) is 5. The summed E-state index contributed by atoms with van der Waals surface area (Å²) in [6.07, 6.45) is 0.871. The number of carboxylic acids is 1. The molecule has 116 valence electrons. The van der Waals surface area contributed by atoms with Gasteiger partial charge < -0.3 is 9.84 Å². The summed E-state index contributed by atoms with van der Waals surface area (Å²) in [5.41, 5.74) is 0. The maximum absolute atomic E-state index is 10.7. The Morgan fingerprint density at radius 2 is 1.60 bits per heavy atom. The van der Waals surface area contributed by atoms with E-state index in [9.17, 15) is 19.2 Å². The Balaban J connectivity index is 0. The molecule has 0 saturated heterocycles. The van der Waals surface area contributed by atoms with Crippen molar-refractivity contribution in [3.8, 4) is 0 Å². The van der Waals surface area contributed by atoms with Crippen molar-refractivity contribution in [2.24, 2.45) is 0 Å². The third-order valence-electron chi connectivity index (χ3n) is 1.85. The van der Waals surface area contributed by atoms with E-state index in [0.29, 0.717) is 6.42 Å². The molecule has 0 fully saturated rings. The number of ketones is 2. The van der Waals surface area contributed by atoms with Crippen LogP contribution in [0.2, 0.25) is 0 Å². The molecule has 0 radical (unpaired) electrons. The zero-order valence-electron chi connectivity index (χ0n) is 11.5. The van der Waals surface area contributed by atoms with Crippen molar-refractivity contribution in [3.63, 3.8) is 0 Å². The zero-order chi connectivity index (χ0) is 16.3. The summed E-state index contributed by atoms with van der Waals surface area (Å²) in [6, 6.07) is 0. The third-order valence-corrected chi connectivity index (χ3v) is 2.76. The number of Topliss-reactive ketones (excluding diaryl/α,β-unsaturated/α-hetero) is 2. The average Bonchev–Trinajstić information content (AvgIpc) is 2.37. The molecule has 0 aromatic rings. The van der Waals surface area contributed by atoms with E-state index in [0.717, 1.165) is 0 Å². The third kappa shape index (κ3) is 9.75. The molecule has 0 aromatic carbocycles. The highest BCUT2D eigenvalue weighted by atomic mass is 35.5. The van der Waals surface area contributed by atoms with Crippen LogP contribution in [0.15, 0.2) is 0 Å². The van der Waals surface area contributed by atoms with E-state index in [2.05, 4.69) is 4.74 Å². The number of hydrogen-bond donors (Lipinski definition) is 1. The van der Waals surface area contributed by atoms with Gasteiger partial charge in [0.2, 0.25) is 0 Å². The first kappa shape index (κ1) is 21.2. The highest BCUT2D eigenvalue weighted by Gasteiger charge is 2.21. The van der Waals surface area contributed by atoms with Gasteiger partial charge in [0.05, 0.1) is 6.61 Å². The van der Waals surface area contributed by atoms with Gasteiger partial charge in [-0.3, -0.25) is 14.4 Å².